The van der Waals surface area contributed by atoms with E-state index in [2.05, 4.69) is 10.6 Å². The number of rotatable bonds is 4. The van der Waals surface area contributed by atoms with Gasteiger partial charge in [0.05, 0.1) is 25.3 Å². The van der Waals surface area contributed by atoms with Crippen molar-refractivity contribution in [3.05, 3.63) is 59.7 Å². The molecule has 0 aliphatic heterocycles. The minimum absolute atomic E-state index is 0.109. The molecule has 0 aromatic heterocycles. The summed E-state index contributed by atoms with van der Waals surface area (Å²) in [5, 5.41) is 4.79. The van der Waals surface area contributed by atoms with Crippen molar-refractivity contribution in [1.82, 2.24) is 10.6 Å². The molecule has 0 saturated carbocycles. The van der Waals surface area contributed by atoms with E-state index in [1.165, 1.54) is 14.2 Å². The molecule has 2 rings (SSSR count). The Morgan fingerprint density at radius 3 is 1.54 bits per heavy atom. The number of carbonyl (C=O) groups is 2. The van der Waals surface area contributed by atoms with Crippen LogP contribution >= 0.6 is 12.2 Å². The second kappa shape index (κ2) is 8.07. The van der Waals surface area contributed by atoms with Gasteiger partial charge in [-0.15, -0.1) is 0 Å². The summed E-state index contributed by atoms with van der Waals surface area (Å²) in [5.74, 6) is -0.127. The largest absolute Gasteiger partial charge is 0.496 e. The van der Waals surface area contributed by atoms with Gasteiger partial charge in [-0.25, -0.2) is 0 Å². The Hall–Kier alpha value is -2.93. The van der Waals surface area contributed by atoms with Crippen molar-refractivity contribution in [2.75, 3.05) is 14.2 Å². The molecule has 124 valence electrons. The van der Waals surface area contributed by atoms with E-state index >= 15 is 0 Å². The Labute approximate surface area is 144 Å². The van der Waals surface area contributed by atoms with E-state index in [9.17, 15) is 9.59 Å². The molecule has 6 nitrogen and oxygen atoms in total. The smallest absolute Gasteiger partial charge is 0.261 e. The Balaban J connectivity index is 2.05. The van der Waals surface area contributed by atoms with Crippen molar-refractivity contribution in [3.8, 4) is 11.5 Å². The van der Waals surface area contributed by atoms with Gasteiger partial charge in [-0.05, 0) is 36.5 Å². The zero-order chi connectivity index (χ0) is 17.5. The normalized spacial score (nSPS) is 9.75. The SMILES string of the molecule is COc1ccccc1C(=O)NC(=S)NC(=O)c1ccccc1OC. The molecule has 0 spiro atoms. The van der Waals surface area contributed by atoms with Crippen molar-refractivity contribution in [1.29, 1.82) is 0 Å². The van der Waals surface area contributed by atoms with Crippen LogP contribution in [0.25, 0.3) is 0 Å². The molecule has 24 heavy (non-hydrogen) atoms. The number of hydrogen-bond acceptors (Lipinski definition) is 5. The van der Waals surface area contributed by atoms with Crippen molar-refractivity contribution < 1.29 is 19.1 Å². The van der Waals surface area contributed by atoms with Gasteiger partial charge in [0, 0.05) is 0 Å². The van der Waals surface area contributed by atoms with E-state index in [4.69, 9.17) is 21.7 Å². The van der Waals surface area contributed by atoms with Crippen molar-refractivity contribution in [3.63, 3.8) is 0 Å². The van der Waals surface area contributed by atoms with Crippen LogP contribution in [0.2, 0.25) is 0 Å². The molecule has 0 saturated heterocycles. The number of thiocarbonyl (C=S) groups is 1. The molecule has 2 N–H and O–H groups in total. The van der Waals surface area contributed by atoms with Crippen molar-refractivity contribution in [2.24, 2.45) is 0 Å². The molecule has 0 bridgehead atoms. The number of para-hydroxylation sites is 2. The number of methoxy groups -OCH3 is 2. The molecule has 0 unspecified atom stereocenters. The lowest BCUT2D eigenvalue weighted by Gasteiger charge is -2.12. The highest BCUT2D eigenvalue weighted by Crippen LogP contribution is 2.18. The Morgan fingerprint density at radius 1 is 0.792 bits per heavy atom. The fourth-order valence-corrected chi connectivity index (χ4v) is 2.22. The average Bonchev–Trinajstić information content (AvgIpc) is 2.61. The van der Waals surface area contributed by atoms with Crippen LogP contribution < -0.4 is 20.1 Å². The summed E-state index contributed by atoms with van der Waals surface area (Å²) in [5.41, 5.74) is 0.628. The van der Waals surface area contributed by atoms with Gasteiger partial charge in [0.1, 0.15) is 11.5 Å². The van der Waals surface area contributed by atoms with Crippen LogP contribution in [0, 0.1) is 0 Å². The highest BCUT2D eigenvalue weighted by Gasteiger charge is 2.16. The van der Waals surface area contributed by atoms with Gasteiger partial charge in [0.15, 0.2) is 5.11 Å². The zero-order valence-corrected chi connectivity index (χ0v) is 14.0. The van der Waals surface area contributed by atoms with Crippen LogP contribution in [0.4, 0.5) is 0 Å². The highest BCUT2D eigenvalue weighted by atomic mass is 32.1. The number of ether oxygens (including phenoxy) is 2. The van der Waals surface area contributed by atoms with E-state index in [1.807, 2.05) is 0 Å². The molecule has 2 amide bonds. The monoisotopic (exact) mass is 344 g/mol. The summed E-state index contributed by atoms with van der Waals surface area (Å²) in [7, 11) is 2.93. The van der Waals surface area contributed by atoms with Crippen LogP contribution in [0.3, 0.4) is 0 Å². The molecule has 0 atom stereocenters. The number of amides is 2. The van der Waals surface area contributed by atoms with E-state index in [0.717, 1.165) is 0 Å². The molecule has 7 heteroatoms. The van der Waals surface area contributed by atoms with Gasteiger partial charge in [-0.3, -0.25) is 20.2 Å². The van der Waals surface area contributed by atoms with Gasteiger partial charge >= 0.3 is 0 Å². The quantitative estimate of drug-likeness (QED) is 0.831. The summed E-state index contributed by atoms with van der Waals surface area (Å²) < 4.78 is 10.2. The lowest BCUT2D eigenvalue weighted by molar-refractivity contribution is 0.0965. The lowest BCUT2D eigenvalue weighted by atomic mass is 10.2. The maximum atomic E-state index is 12.2. The molecule has 2 aromatic rings. The molecule has 0 radical (unpaired) electrons. The fraction of sp³-hybridized carbons (Fsp3) is 0.118. The van der Waals surface area contributed by atoms with Gasteiger partial charge < -0.3 is 9.47 Å². The van der Waals surface area contributed by atoms with Crippen LogP contribution in [-0.2, 0) is 0 Å². The van der Waals surface area contributed by atoms with E-state index in [0.29, 0.717) is 22.6 Å². The first-order valence-corrected chi connectivity index (χ1v) is 7.40. The molecule has 0 aliphatic carbocycles. The fourth-order valence-electron chi connectivity index (χ4n) is 2.04. The van der Waals surface area contributed by atoms with Crippen molar-refractivity contribution >= 4 is 29.1 Å². The summed E-state index contributed by atoms with van der Waals surface area (Å²) in [6, 6.07) is 13.4. The minimum atomic E-state index is -0.474. The molecule has 0 aliphatic rings. The summed E-state index contributed by atoms with van der Waals surface area (Å²) in [6.45, 7) is 0. The number of hydrogen-bond donors (Lipinski definition) is 2. The third-order valence-corrected chi connectivity index (χ3v) is 3.36. The van der Waals surface area contributed by atoms with E-state index in [1.54, 1.807) is 48.5 Å². The standard InChI is InChI=1S/C17H16N2O4S/c1-22-13-9-5-3-7-11(13)15(20)18-17(24)19-16(21)12-8-4-6-10-14(12)23-2/h3-10H,1-2H3,(H2,18,19,20,21,24). The Kier molecular flexibility index (Phi) is 5.86. The molecular formula is C17H16N2O4S. The summed E-state index contributed by atoms with van der Waals surface area (Å²) in [4.78, 5) is 24.4. The maximum Gasteiger partial charge on any atom is 0.261 e. The number of benzene rings is 2. The lowest BCUT2D eigenvalue weighted by Crippen LogP contribution is -2.42. The predicted molar refractivity (Wildman–Crippen MR) is 93.5 cm³/mol. The van der Waals surface area contributed by atoms with Gasteiger partial charge in [-0.2, -0.15) is 0 Å². The average molecular weight is 344 g/mol. The van der Waals surface area contributed by atoms with E-state index in [-0.39, 0.29) is 5.11 Å². The van der Waals surface area contributed by atoms with Crippen LogP contribution in [-0.4, -0.2) is 31.1 Å². The molecule has 0 heterocycles. The number of carbonyl (C=O) groups excluding carboxylic acids is 2. The molecular weight excluding hydrogens is 328 g/mol. The molecule has 0 fully saturated rings. The Bertz CT molecular complexity index is 713. The van der Waals surface area contributed by atoms with Crippen molar-refractivity contribution in [2.45, 2.75) is 0 Å². The highest BCUT2D eigenvalue weighted by molar-refractivity contribution is 7.80. The van der Waals surface area contributed by atoms with Crippen LogP contribution in [0.5, 0.6) is 11.5 Å². The van der Waals surface area contributed by atoms with Crippen LogP contribution in [0.1, 0.15) is 20.7 Å². The predicted octanol–water partition coefficient (Wildman–Crippen LogP) is 2.15. The topological polar surface area (TPSA) is 76.7 Å². The first-order chi connectivity index (χ1) is 11.6. The third kappa shape index (κ3) is 4.08. The first-order valence-electron chi connectivity index (χ1n) is 6.99. The Morgan fingerprint density at radius 2 is 1.17 bits per heavy atom. The first kappa shape index (κ1) is 17.4. The minimum Gasteiger partial charge on any atom is -0.496 e. The van der Waals surface area contributed by atoms with Gasteiger partial charge in [0.25, 0.3) is 11.8 Å². The zero-order valence-electron chi connectivity index (χ0n) is 13.2. The summed E-state index contributed by atoms with van der Waals surface area (Å²) >= 11 is 5.02. The third-order valence-electron chi connectivity index (χ3n) is 3.16. The maximum absolute atomic E-state index is 12.2. The number of nitrogens with one attached hydrogen (secondary N) is 2. The summed E-state index contributed by atoms with van der Waals surface area (Å²) in [6.07, 6.45) is 0. The van der Waals surface area contributed by atoms with Gasteiger partial charge in [0.2, 0.25) is 0 Å². The second-order valence-corrected chi connectivity index (χ2v) is 5.05. The molecule has 2 aromatic carbocycles. The van der Waals surface area contributed by atoms with Crippen LogP contribution in [0.15, 0.2) is 48.5 Å². The van der Waals surface area contributed by atoms with Gasteiger partial charge in [-0.1, -0.05) is 24.3 Å². The second-order valence-electron chi connectivity index (χ2n) is 4.64. The van der Waals surface area contributed by atoms with E-state index < -0.39 is 11.8 Å².